The largest absolute Gasteiger partial charge is 0.493 e. The third-order valence-electron chi connectivity index (χ3n) is 3.93. The second-order valence-corrected chi connectivity index (χ2v) is 5.43. The van der Waals surface area contributed by atoms with Crippen LogP contribution < -0.4 is 29.0 Å². The predicted octanol–water partition coefficient (Wildman–Crippen LogP) is 2.68. The Morgan fingerprint density at radius 3 is 1.68 bits per heavy atom. The molecule has 0 unspecified atom stereocenters. The van der Waals surface area contributed by atoms with Gasteiger partial charge in [-0.25, -0.2) is 4.79 Å². The van der Waals surface area contributed by atoms with Crippen molar-refractivity contribution >= 4 is 17.6 Å². The molecule has 2 rings (SSSR count). The molecule has 0 atom stereocenters. The van der Waals surface area contributed by atoms with Crippen molar-refractivity contribution in [3.8, 4) is 28.7 Å². The van der Waals surface area contributed by atoms with E-state index >= 15 is 0 Å². The van der Waals surface area contributed by atoms with Crippen LogP contribution in [-0.2, 0) is 0 Å². The van der Waals surface area contributed by atoms with Gasteiger partial charge in [0, 0.05) is 17.7 Å². The number of methoxy groups -OCH3 is 5. The Bertz CT molecular complexity index is 869. The molecule has 0 aliphatic rings. The summed E-state index contributed by atoms with van der Waals surface area (Å²) in [6, 6.07) is 5.56. The minimum atomic E-state index is -1.24. The Morgan fingerprint density at radius 1 is 0.750 bits per heavy atom. The normalized spacial score (nSPS) is 10.0. The van der Waals surface area contributed by atoms with Crippen LogP contribution in [-0.4, -0.2) is 52.5 Å². The highest BCUT2D eigenvalue weighted by Crippen LogP contribution is 2.39. The number of hydrogen-bond acceptors (Lipinski definition) is 7. The van der Waals surface area contributed by atoms with Gasteiger partial charge >= 0.3 is 5.97 Å². The number of carboxylic acid groups (broad SMARTS) is 1. The summed E-state index contributed by atoms with van der Waals surface area (Å²) in [5.74, 6) is -0.400. The van der Waals surface area contributed by atoms with Crippen molar-refractivity contribution in [2.24, 2.45) is 0 Å². The molecule has 2 N–H and O–H groups in total. The van der Waals surface area contributed by atoms with Crippen molar-refractivity contribution in [1.82, 2.24) is 0 Å². The number of ether oxygens (including phenoxy) is 5. The Kier molecular flexibility index (Phi) is 6.54. The topological polar surface area (TPSA) is 113 Å². The molecule has 2 aromatic carbocycles. The lowest BCUT2D eigenvalue weighted by Gasteiger charge is -2.16. The van der Waals surface area contributed by atoms with E-state index in [-0.39, 0.29) is 39.8 Å². The highest BCUT2D eigenvalue weighted by atomic mass is 16.5. The number of hydrogen-bond donors (Lipinski definition) is 2. The van der Waals surface area contributed by atoms with Gasteiger partial charge in [-0.05, 0) is 12.1 Å². The summed E-state index contributed by atoms with van der Waals surface area (Å²) >= 11 is 0. The van der Waals surface area contributed by atoms with Gasteiger partial charge in [0.05, 0.1) is 46.8 Å². The number of carbonyl (C=O) groups excluding carboxylic acids is 1. The van der Waals surface area contributed by atoms with Gasteiger partial charge < -0.3 is 34.1 Å². The third-order valence-corrected chi connectivity index (χ3v) is 3.93. The molecule has 0 saturated heterocycles. The average molecular weight is 391 g/mol. The lowest BCUT2D eigenvalue weighted by Crippen LogP contribution is -2.15. The minimum Gasteiger partial charge on any atom is -0.493 e. The number of aromatic carboxylic acids is 1. The molecule has 2 aromatic rings. The number of carbonyl (C=O) groups is 2. The standard InChI is InChI=1S/C19H21NO8/c1-24-13-8-11(19(22)23)12(9-14(13)25-2)20-18(21)10-6-15(26-3)17(28-5)16(7-10)27-4/h6-9H,1-5H3,(H,20,21)(H,22,23). The molecule has 0 aliphatic carbocycles. The zero-order chi connectivity index (χ0) is 20.8. The van der Waals surface area contributed by atoms with Gasteiger partial charge in [-0.3, -0.25) is 4.79 Å². The maximum absolute atomic E-state index is 12.8. The highest BCUT2D eigenvalue weighted by Gasteiger charge is 2.21. The van der Waals surface area contributed by atoms with Crippen LogP contribution in [0, 0.1) is 0 Å². The summed E-state index contributed by atoms with van der Waals surface area (Å²) in [6.45, 7) is 0. The van der Waals surface area contributed by atoms with E-state index in [9.17, 15) is 14.7 Å². The maximum atomic E-state index is 12.8. The number of benzene rings is 2. The van der Waals surface area contributed by atoms with Crippen LogP contribution in [0.25, 0.3) is 0 Å². The monoisotopic (exact) mass is 391 g/mol. The highest BCUT2D eigenvalue weighted by molar-refractivity contribution is 6.08. The van der Waals surface area contributed by atoms with Gasteiger partial charge in [0.2, 0.25) is 5.75 Å². The second kappa shape index (κ2) is 8.85. The van der Waals surface area contributed by atoms with Crippen molar-refractivity contribution in [2.45, 2.75) is 0 Å². The maximum Gasteiger partial charge on any atom is 0.337 e. The zero-order valence-electron chi connectivity index (χ0n) is 16.1. The first-order valence-corrected chi connectivity index (χ1v) is 8.00. The third kappa shape index (κ3) is 4.03. The molecular formula is C19H21NO8. The van der Waals surface area contributed by atoms with Gasteiger partial charge in [0.15, 0.2) is 23.0 Å². The van der Waals surface area contributed by atoms with E-state index in [0.29, 0.717) is 5.75 Å². The molecule has 9 nitrogen and oxygen atoms in total. The van der Waals surface area contributed by atoms with Crippen LogP contribution in [0.5, 0.6) is 28.7 Å². The number of rotatable bonds is 8. The van der Waals surface area contributed by atoms with Crippen molar-refractivity contribution in [3.63, 3.8) is 0 Å². The minimum absolute atomic E-state index is 0.0453. The fourth-order valence-electron chi connectivity index (χ4n) is 2.57. The van der Waals surface area contributed by atoms with Gasteiger partial charge in [-0.1, -0.05) is 0 Å². The van der Waals surface area contributed by atoms with Gasteiger partial charge in [0.1, 0.15) is 0 Å². The van der Waals surface area contributed by atoms with Crippen molar-refractivity contribution < 1.29 is 38.4 Å². The van der Waals surface area contributed by atoms with Gasteiger partial charge in [0.25, 0.3) is 5.91 Å². The summed E-state index contributed by atoms with van der Waals surface area (Å²) in [5, 5.41) is 12.0. The van der Waals surface area contributed by atoms with E-state index in [0.717, 1.165) is 0 Å². The summed E-state index contributed by atoms with van der Waals surface area (Å²) in [4.78, 5) is 24.3. The molecule has 0 aliphatic heterocycles. The smallest absolute Gasteiger partial charge is 0.337 e. The van der Waals surface area contributed by atoms with E-state index in [2.05, 4.69) is 5.32 Å². The van der Waals surface area contributed by atoms with Crippen LogP contribution in [0.1, 0.15) is 20.7 Å². The van der Waals surface area contributed by atoms with Gasteiger partial charge in [-0.15, -0.1) is 0 Å². The van der Waals surface area contributed by atoms with Crippen LogP contribution in [0.4, 0.5) is 5.69 Å². The Balaban J connectivity index is 2.49. The fraction of sp³-hybridized carbons (Fsp3) is 0.263. The molecule has 0 radical (unpaired) electrons. The molecule has 0 bridgehead atoms. The molecule has 1 amide bonds. The average Bonchev–Trinajstić information content (AvgIpc) is 2.71. The lowest BCUT2D eigenvalue weighted by molar-refractivity contribution is 0.0697. The number of anilines is 1. The SMILES string of the molecule is COc1cc(NC(=O)c2cc(OC)c(OC)c(OC)c2)c(C(=O)O)cc1OC. The van der Waals surface area contributed by atoms with Crippen LogP contribution in [0.2, 0.25) is 0 Å². The molecular weight excluding hydrogens is 370 g/mol. The summed E-state index contributed by atoms with van der Waals surface area (Å²) < 4.78 is 26.0. The first-order valence-electron chi connectivity index (χ1n) is 8.00. The predicted molar refractivity (Wildman–Crippen MR) is 101 cm³/mol. The molecule has 28 heavy (non-hydrogen) atoms. The summed E-state index contributed by atoms with van der Waals surface area (Å²) in [5.41, 5.74) is 0.0722. The van der Waals surface area contributed by atoms with Crippen molar-refractivity contribution in [3.05, 3.63) is 35.4 Å². The van der Waals surface area contributed by atoms with E-state index in [4.69, 9.17) is 23.7 Å². The lowest BCUT2D eigenvalue weighted by atomic mass is 10.1. The van der Waals surface area contributed by atoms with E-state index in [1.807, 2.05) is 0 Å². The molecule has 0 aromatic heterocycles. The first kappa shape index (κ1) is 20.7. The quantitative estimate of drug-likeness (QED) is 0.706. The molecule has 0 saturated carbocycles. The van der Waals surface area contributed by atoms with E-state index in [1.165, 1.54) is 59.8 Å². The second-order valence-electron chi connectivity index (χ2n) is 5.43. The molecule has 150 valence electrons. The Labute approximate surface area is 161 Å². The fourth-order valence-corrected chi connectivity index (χ4v) is 2.57. The van der Waals surface area contributed by atoms with Gasteiger partial charge in [-0.2, -0.15) is 0 Å². The van der Waals surface area contributed by atoms with Crippen molar-refractivity contribution in [1.29, 1.82) is 0 Å². The summed E-state index contributed by atoms with van der Waals surface area (Å²) in [6.07, 6.45) is 0. The van der Waals surface area contributed by atoms with Crippen molar-refractivity contribution in [2.75, 3.05) is 40.9 Å². The number of amides is 1. The molecule has 0 fully saturated rings. The first-order chi connectivity index (χ1) is 13.4. The van der Waals surface area contributed by atoms with Crippen LogP contribution in [0.15, 0.2) is 24.3 Å². The van der Waals surface area contributed by atoms with E-state index in [1.54, 1.807) is 0 Å². The van der Waals surface area contributed by atoms with E-state index < -0.39 is 11.9 Å². The Morgan fingerprint density at radius 2 is 1.25 bits per heavy atom. The number of carboxylic acids is 1. The Hall–Kier alpha value is -3.62. The number of nitrogens with one attached hydrogen (secondary N) is 1. The molecule has 0 spiro atoms. The zero-order valence-corrected chi connectivity index (χ0v) is 16.1. The molecule has 9 heteroatoms. The van der Waals surface area contributed by atoms with Crippen LogP contribution >= 0.6 is 0 Å². The molecule has 0 heterocycles. The van der Waals surface area contributed by atoms with Crippen LogP contribution in [0.3, 0.4) is 0 Å². The summed E-state index contributed by atoms with van der Waals surface area (Å²) in [7, 11) is 7.09.